The third kappa shape index (κ3) is 2.65. The van der Waals surface area contributed by atoms with Crippen LogP contribution in [0.2, 0.25) is 0 Å². The molecule has 18 heavy (non-hydrogen) atoms. The molecule has 2 aromatic rings. The molecule has 0 saturated heterocycles. The Hall–Kier alpha value is -2.37. The molecule has 6 nitrogen and oxygen atoms in total. The van der Waals surface area contributed by atoms with Gasteiger partial charge in [-0.3, -0.25) is 10.1 Å². The minimum atomic E-state index is -0.400. The quantitative estimate of drug-likeness (QED) is 0.830. The van der Waals surface area contributed by atoms with Gasteiger partial charge in [-0.15, -0.1) is 0 Å². The first-order valence-corrected chi connectivity index (χ1v) is 5.61. The second-order valence-electron chi connectivity index (χ2n) is 3.62. The lowest BCUT2D eigenvalue weighted by Crippen LogP contribution is -2.13. The van der Waals surface area contributed by atoms with Gasteiger partial charge in [0.15, 0.2) is 0 Å². The number of nitrogens with one attached hydrogen (secondary N) is 1. The summed E-state index contributed by atoms with van der Waals surface area (Å²) in [6.45, 7) is 3.84. The number of esters is 1. The summed E-state index contributed by atoms with van der Waals surface area (Å²) in [6, 6.07) is 3.76. The zero-order valence-corrected chi connectivity index (χ0v) is 10.3. The molecule has 6 heteroatoms. The number of hydrogen-bond acceptors (Lipinski definition) is 5. The molecule has 0 spiro atoms. The van der Waals surface area contributed by atoms with E-state index in [1.165, 1.54) is 6.20 Å². The van der Waals surface area contributed by atoms with E-state index >= 15 is 0 Å². The largest absolute Gasteiger partial charge is 0.462 e. The average Bonchev–Trinajstić information content (AvgIpc) is 2.82. The normalized spacial score (nSPS) is 10.1. The second kappa shape index (κ2) is 5.31. The Morgan fingerprint density at radius 3 is 2.78 bits per heavy atom. The predicted octanol–water partition coefficient (Wildman–Crippen LogP) is 1.64. The van der Waals surface area contributed by atoms with E-state index in [0.717, 1.165) is 0 Å². The van der Waals surface area contributed by atoms with E-state index in [-0.39, 0.29) is 0 Å². The summed E-state index contributed by atoms with van der Waals surface area (Å²) in [5.74, 6) is 0.0271. The van der Waals surface area contributed by atoms with Crippen molar-refractivity contribution in [3.05, 3.63) is 42.0 Å². The van der Waals surface area contributed by atoms with Crippen LogP contribution in [-0.4, -0.2) is 27.2 Å². The smallest absolute Gasteiger partial charge is 0.341 e. The van der Waals surface area contributed by atoms with E-state index in [1.54, 1.807) is 18.5 Å². The molecule has 2 aromatic heterocycles. The van der Waals surface area contributed by atoms with E-state index < -0.39 is 5.97 Å². The molecular weight excluding hydrogens is 232 g/mol. The van der Waals surface area contributed by atoms with Crippen molar-refractivity contribution in [3.8, 4) is 0 Å². The fourth-order valence-corrected chi connectivity index (χ4v) is 1.45. The van der Waals surface area contributed by atoms with Gasteiger partial charge in [-0.25, -0.2) is 14.8 Å². The van der Waals surface area contributed by atoms with E-state index in [1.807, 2.05) is 24.5 Å². The van der Waals surface area contributed by atoms with Crippen LogP contribution < -0.4 is 5.43 Å². The Morgan fingerprint density at radius 2 is 2.17 bits per heavy atom. The molecular formula is C12H14N4O2. The molecule has 0 unspecified atom stereocenters. The van der Waals surface area contributed by atoms with Crippen molar-refractivity contribution in [1.82, 2.24) is 14.6 Å². The summed E-state index contributed by atoms with van der Waals surface area (Å²) in [6.07, 6.45) is 5.13. The molecule has 0 fully saturated rings. The molecule has 0 radical (unpaired) electrons. The van der Waals surface area contributed by atoms with Crippen LogP contribution in [0.1, 0.15) is 23.0 Å². The number of hydrogen-bond donors (Lipinski definition) is 1. The van der Waals surface area contributed by atoms with Crippen molar-refractivity contribution in [2.45, 2.75) is 13.8 Å². The van der Waals surface area contributed by atoms with Crippen molar-refractivity contribution in [2.75, 3.05) is 12.0 Å². The van der Waals surface area contributed by atoms with Gasteiger partial charge in [0.25, 0.3) is 0 Å². The van der Waals surface area contributed by atoms with Gasteiger partial charge >= 0.3 is 5.97 Å². The first-order valence-electron chi connectivity index (χ1n) is 5.61. The van der Waals surface area contributed by atoms with Gasteiger partial charge in [0.1, 0.15) is 0 Å². The van der Waals surface area contributed by atoms with Crippen molar-refractivity contribution >= 4 is 11.9 Å². The lowest BCUT2D eigenvalue weighted by Gasteiger charge is -2.08. The summed E-state index contributed by atoms with van der Waals surface area (Å²) < 4.78 is 6.63. The lowest BCUT2D eigenvalue weighted by molar-refractivity contribution is 0.0524. The first-order chi connectivity index (χ1) is 8.70. The minimum Gasteiger partial charge on any atom is -0.462 e. The molecule has 0 aliphatic heterocycles. The van der Waals surface area contributed by atoms with Crippen molar-refractivity contribution < 1.29 is 9.53 Å². The number of nitrogens with zero attached hydrogens (tertiary/aromatic N) is 3. The number of rotatable bonds is 4. The van der Waals surface area contributed by atoms with Crippen LogP contribution in [0, 0.1) is 6.92 Å². The third-order valence-corrected chi connectivity index (χ3v) is 2.31. The Labute approximate surface area is 105 Å². The van der Waals surface area contributed by atoms with Crippen LogP contribution in [-0.2, 0) is 4.74 Å². The van der Waals surface area contributed by atoms with Crippen molar-refractivity contribution in [2.24, 2.45) is 0 Å². The van der Waals surface area contributed by atoms with Gasteiger partial charge in [0.05, 0.1) is 17.9 Å². The Morgan fingerprint density at radius 1 is 1.44 bits per heavy atom. The minimum absolute atomic E-state index is 0.335. The van der Waals surface area contributed by atoms with E-state index in [9.17, 15) is 4.79 Å². The summed E-state index contributed by atoms with van der Waals surface area (Å²) in [5, 5.41) is 0. The van der Waals surface area contributed by atoms with Crippen LogP contribution in [0.4, 0.5) is 5.95 Å². The Balaban J connectivity index is 2.17. The average molecular weight is 246 g/mol. The fraction of sp³-hybridized carbons (Fsp3) is 0.250. The maximum Gasteiger partial charge on any atom is 0.341 e. The maximum absolute atomic E-state index is 11.6. The van der Waals surface area contributed by atoms with Gasteiger partial charge in [-0.2, -0.15) is 0 Å². The molecule has 0 aliphatic rings. The number of aryl methyl sites for hydroxylation is 1. The van der Waals surface area contributed by atoms with Crippen LogP contribution in [0.3, 0.4) is 0 Å². The highest BCUT2D eigenvalue weighted by atomic mass is 16.5. The summed E-state index contributed by atoms with van der Waals surface area (Å²) in [7, 11) is 0. The van der Waals surface area contributed by atoms with Crippen molar-refractivity contribution in [1.29, 1.82) is 0 Å². The predicted molar refractivity (Wildman–Crippen MR) is 66.2 cm³/mol. The van der Waals surface area contributed by atoms with Crippen LogP contribution >= 0.6 is 0 Å². The van der Waals surface area contributed by atoms with Crippen LogP contribution in [0.15, 0.2) is 30.7 Å². The molecule has 2 heterocycles. The lowest BCUT2D eigenvalue weighted by atomic mass is 10.2. The highest BCUT2D eigenvalue weighted by molar-refractivity contribution is 5.90. The first kappa shape index (κ1) is 12.1. The van der Waals surface area contributed by atoms with Gasteiger partial charge in [-0.1, -0.05) is 0 Å². The van der Waals surface area contributed by atoms with Crippen molar-refractivity contribution in [3.63, 3.8) is 0 Å². The van der Waals surface area contributed by atoms with Crippen LogP contribution in [0.25, 0.3) is 0 Å². The third-order valence-electron chi connectivity index (χ3n) is 2.31. The molecule has 0 bridgehead atoms. The number of anilines is 1. The number of aromatic nitrogens is 3. The zero-order chi connectivity index (χ0) is 13.0. The molecule has 0 aliphatic carbocycles. The summed E-state index contributed by atoms with van der Waals surface area (Å²) in [5.41, 5.74) is 3.93. The molecule has 0 aromatic carbocycles. The van der Waals surface area contributed by atoms with Crippen LogP contribution in [0.5, 0.6) is 0 Å². The van der Waals surface area contributed by atoms with Gasteiger partial charge in [0, 0.05) is 18.6 Å². The topological polar surface area (TPSA) is 69.0 Å². The SMILES string of the molecule is CCOC(=O)c1cnc(Nn2cccc2)nc1C. The Bertz CT molecular complexity index is 537. The van der Waals surface area contributed by atoms with Gasteiger partial charge < -0.3 is 4.74 Å². The monoisotopic (exact) mass is 246 g/mol. The molecule has 1 N–H and O–H groups in total. The van der Waals surface area contributed by atoms with E-state index in [2.05, 4.69) is 15.4 Å². The number of carbonyl (C=O) groups excluding carboxylic acids is 1. The molecule has 0 amide bonds. The maximum atomic E-state index is 11.6. The molecule has 94 valence electrons. The standard InChI is InChI=1S/C12H14N4O2/c1-3-18-11(17)10-8-13-12(14-9(10)2)15-16-6-4-5-7-16/h4-8H,3H2,1-2H3,(H,13,14,15). The van der Waals surface area contributed by atoms with E-state index in [4.69, 9.17) is 4.74 Å². The van der Waals surface area contributed by atoms with Gasteiger partial charge in [-0.05, 0) is 26.0 Å². The van der Waals surface area contributed by atoms with E-state index in [0.29, 0.717) is 23.8 Å². The molecule has 0 atom stereocenters. The highest BCUT2D eigenvalue weighted by Gasteiger charge is 2.12. The number of carbonyl (C=O) groups is 1. The Kier molecular flexibility index (Phi) is 3.57. The molecule has 0 saturated carbocycles. The fourth-order valence-electron chi connectivity index (χ4n) is 1.45. The number of ether oxygens (including phenoxy) is 1. The van der Waals surface area contributed by atoms with Gasteiger partial charge in [0.2, 0.25) is 5.95 Å². The summed E-state index contributed by atoms with van der Waals surface area (Å²) in [4.78, 5) is 19.8. The highest BCUT2D eigenvalue weighted by Crippen LogP contribution is 2.09. The molecule has 2 rings (SSSR count). The summed E-state index contributed by atoms with van der Waals surface area (Å²) >= 11 is 0. The zero-order valence-electron chi connectivity index (χ0n) is 10.3. The second-order valence-corrected chi connectivity index (χ2v) is 3.62.